The third kappa shape index (κ3) is 6.02. The summed E-state index contributed by atoms with van der Waals surface area (Å²) in [5, 5.41) is 16.6. The predicted octanol–water partition coefficient (Wildman–Crippen LogP) is 5.21. The first-order valence-corrected chi connectivity index (χ1v) is 14.9. The van der Waals surface area contributed by atoms with E-state index in [4.69, 9.17) is 16.3 Å². The van der Waals surface area contributed by atoms with Crippen LogP contribution in [0.3, 0.4) is 0 Å². The Morgan fingerprint density at radius 1 is 1.09 bits per heavy atom. The fraction of sp³-hybridized carbons (Fsp3) is 0.364. The minimum atomic E-state index is -1.04. The topological polar surface area (TPSA) is 111 Å². The molecule has 3 N–H and O–H groups in total. The van der Waals surface area contributed by atoms with Crippen LogP contribution < -0.4 is 15.4 Å². The second kappa shape index (κ2) is 12.9. The summed E-state index contributed by atoms with van der Waals surface area (Å²) in [5.41, 5.74) is 4.16. The predicted molar refractivity (Wildman–Crippen MR) is 167 cm³/mol. The number of methoxy groups -OCH3 is 1. The van der Waals surface area contributed by atoms with Crippen LogP contribution in [0.1, 0.15) is 30.4 Å². The number of aliphatic hydroxyl groups is 1. The number of nitrogens with one attached hydrogen (secondary N) is 2. The van der Waals surface area contributed by atoms with Gasteiger partial charge in [0.2, 0.25) is 11.8 Å². The molecule has 5 rings (SSSR count). The molecule has 1 heterocycles. The Hall–Kier alpha value is -3.99. The number of halogens is 2. The van der Waals surface area contributed by atoms with E-state index in [1.807, 2.05) is 25.1 Å². The van der Waals surface area contributed by atoms with Crippen molar-refractivity contribution in [2.75, 3.05) is 33.1 Å². The minimum Gasteiger partial charge on any atom is -0.496 e. The highest BCUT2D eigenvalue weighted by Gasteiger charge is 2.39. The van der Waals surface area contributed by atoms with E-state index in [2.05, 4.69) is 10.6 Å². The summed E-state index contributed by atoms with van der Waals surface area (Å²) in [6, 6.07) is 13.5. The normalized spacial score (nSPS) is 20.3. The Balaban J connectivity index is 1.42. The van der Waals surface area contributed by atoms with E-state index in [0.717, 1.165) is 35.3 Å². The summed E-state index contributed by atoms with van der Waals surface area (Å²) in [6.45, 7) is 2.04. The number of carbonyl (C=O) groups is 3. The van der Waals surface area contributed by atoms with Crippen LogP contribution in [-0.4, -0.2) is 72.6 Å². The smallest absolute Gasteiger partial charge is 0.326 e. The van der Waals surface area contributed by atoms with Gasteiger partial charge in [0.05, 0.1) is 18.2 Å². The first-order chi connectivity index (χ1) is 21.0. The number of hydrogen-bond donors (Lipinski definition) is 3. The molecule has 1 saturated carbocycles. The molecule has 3 aromatic rings. The fourth-order valence-corrected chi connectivity index (χ4v) is 6.32. The van der Waals surface area contributed by atoms with Crippen LogP contribution in [0.4, 0.5) is 14.9 Å². The van der Waals surface area contributed by atoms with Crippen LogP contribution >= 0.6 is 11.6 Å². The number of hydrogen-bond acceptors (Lipinski definition) is 6. The fourth-order valence-electron chi connectivity index (χ4n) is 5.99. The molecule has 0 spiro atoms. The van der Waals surface area contributed by atoms with E-state index in [-0.39, 0.29) is 19.1 Å². The molecule has 1 unspecified atom stereocenters. The number of rotatable bonds is 8. The Bertz CT molecular complexity index is 1620. The molecule has 0 aromatic heterocycles. The summed E-state index contributed by atoms with van der Waals surface area (Å²) in [4.78, 5) is 40.2. The van der Waals surface area contributed by atoms with Crippen molar-refractivity contribution in [2.24, 2.45) is 5.92 Å². The monoisotopic (exact) mass is 622 g/mol. The average molecular weight is 623 g/mol. The lowest BCUT2D eigenvalue weighted by Crippen LogP contribution is -2.56. The summed E-state index contributed by atoms with van der Waals surface area (Å²) in [7, 11) is 4.39. The molecule has 0 radical (unpaired) electrons. The van der Waals surface area contributed by atoms with Crippen molar-refractivity contribution in [2.45, 2.75) is 44.9 Å². The van der Waals surface area contributed by atoms with Gasteiger partial charge in [-0.15, -0.1) is 0 Å². The molecule has 2 aliphatic rings. The van der Waals surface area contributed by atoms with Crippen LogP contribution in [-0.2, 0) is 16.1 Å². The van der Waals surface area contributed by atoms with Gasteiger partial charge in [-0.25, -0.2) is 9.18 Å². The number of urea groups is 1. The molecule has 0 bridgehead atoms. The number of benzene rings is 3. The number of ether oxygens (including phenoxy) is 1. The van der Waals surface area contributed by atoms with Crippen LogP contribution in [0.2, 0.25) is 5.02 Å². The van der Waals surface area contributed by atoms with Crippen molar-refractivity contribution in [3.63, 3.8) is 0 Å². The van der Waals surface area contributed by atoms with Crippen LogP contribution in [0.15, 0.2) is 48.5 Å². The van der Waals surface area contributed by atoms with E-state index >= 15 is 4.39 Å². The molecule has 3 atom stereocenters. The van der Waals surface area contributed by atoms with Gasteiger partial charge >= 0.3 is 6.03 Å². The first kappa shape index (κ1) is 31.4. The highest BCUT2D eigenvalue weighted by molar-refractivity contribution is 6.36. The number of nitrogens with zero attached hydrogens (tertiary/aromatic N) is 2. The third-order valence-corrected chi connectivity index (χ3v) is 9.01. The van der Waals surface area contributed by atoms with E-state index in [1.54, 1.807) is 31.3 Å². The Labute approximate surface area is 260 Å². The number of aliphatic hydroxyl groups excluding tert-OH is 1. The van der Waals surface area contributed by atoms with E-state index in [0.29, 0.717) is 38.7 Å². The summed E-state index contributed by atoms with van der Waals surface area (Å²) >= 11 is 6.97. The van der Waals surface area contributed by atoms with Crippen LogP contribution in [0.25, 0.3) is 22.3 Å². The molecule has 2 fully saturated rings. The van der Waals surface area contributed by atoms with Gasteiger partial charge < -0.3 is 25.4 Å². The number of amides is 4. The van der Waals surface area contributed by atoms with Gasteiger partial charge in [0, 0.05) is 55.6 Å². The highest BCUT2D eigenvalue weighted by Crippen LogP contribution is 2.41. The quantitative estimate of drug-likeness (QED) is 0.298. The minimum absolute atomic E-state index is 0.0160. The lowest BCUT2D eigenvalue weighted by molar-refractivity contribution is -0.140. The Morgan fingerprint density at radius 2 is 1.80 bits per heavy atom. The molecular weight excluding hydrogens is 587 g/mol. The zero-order valence-electron chi connectivity index (χ0n) is 25.1. The van der Waals surface area contributed by atoms with Crippen molar-refractivity contribution in [3.8, 4) is 28.0 Å². The molecule has 9 nitrogen and oxygen atoms in total. The van der Waals surface area contributed by atoms with Crippen molar-refractivity contribution in [1.82, 2.24) is 15.1 Å². The molecule has 1 saturated heterocycles. The lowest BCUT2D eigenvalue weighted by Gasteiger charge is -2.33. The van der Waals surface area contributed by atoms with Gasteiger partial charge in [0.25, 0.3) is 0 Å². The van der Waals surface area contributed by atoms with Gasteiger partial charge in [-0.1, -0.05) is 41.9 Å². The van der Waals surface area contributed by atoms with Gasteiger partial charge in [-0.05, 0) is 61.1 Å². The van der Waals surface area contributed by atoms with Crippen molar-refractivity contribution >= 4 is 35.1 Å². The molecule has 232 valence electrons. The van der Waals surface area contributed by atoms with E-state index < -0.39 is 35.7 Å². The molecule has 4 amide bonds. The second-order valence-corrected chi connectivity index (χ2v) is 11.7. The first-order valence-electron chi connectivity index (χ1n) is 14.5. The lowest BCUT2D eigenvalue weighted by atomic mass is 9.94. The maximum atomic E-state index is 15.5. The maximum Gasteiger partial charge on any atom is 0.326 e. The second-order valence-electron chi connectivity index (χ2n) is 11.4. The van der Waals surface area contributed by atoms with E-state index in [9.17, 15) is 19.5 Å². The Kier molecular flexibility index (Phi) is 9.24. The van der Waals surface area contributed by atoms with Gasteiger partial charge in [0.1, 0.15) is 17.5 Å². The van der Waals surface area contributed by atoms with E-state index in [1.165, 1.54) is 25.1 Å². The molecule has 1 aliphatic carbocycles. The average Bonchev–Trinajstić information content (AvgIpc) is 3.42. The van der Waals surface area contributed by atoms with Gasteiger partial charge in [0.15, 0.2) is 0 Å². The number of imide groups is 1. The molecule has 11 heteroatoms. The maximum absolute atomic E-state index is 15.5. The SMILES string of the molecule is COc1cc(-c2cccc(-c3cccc(NC(=O)C4CN(C)C(=O)N(C)C4=O)c3C)c2Cl)cc(F)c1CN[C@H]1CCC[C@H]1O. The van der Waals surface area contributed by atoms with Crippen LogP contribution in [0, 0.1) is 18.7 Å². The van der Waals surface area contributed by atoms with Crippen LogP contribution in [0.5, 0.6) is 5.75 Å². The zero-order valence-corrected chi connectivity index (χ0v) is 25.9. The summed E-state index contributed by atoms with van der Waals surface area (Å²) in [5.74, 6) is -2.19. The van der Waals surface area contributed by atoms with Gasteiger partial charge in [-0.3, -0.25) is 14.5 Å². The number of carbonyl (C=O) groups excluding carboxylic acids is 3. The molecule has 44 heavy (non-hydrogen) atoms. The zero-order chi connectivity index (χ0) is 31.7. The summed E-state index contributed by atoms with van der Waals surface area (Å²) < 4.78 is 21.0. The third-order valence-electron chi connectivity index (χ3n) is 8.60. The largest absolute Gasteiger partial charge is 0.496 e. The number of anilines is 1. The van der Waals surface area contributed by atoms with Crippen molar-refractivity contribution in [1.29, 1.82) is 0 Å². The summed E-state index contributed by atoms with van der Waals surface area (Å²) in [6.07, 6.45) is 2.06. The van der Waals surface area contributed by atoms with Gasteiger partial charge in [-0.2, -0.15) is 0 Å². The molecule has 3 aromatic carbocycles. The van der Waals surface area contributed by atoms with Crippen molar-refractivity contribution < 1.29 is 28.6 Å². The van der Waals surface area contributed by atoms with Crippen molar-refractivity contribution in [3.05, 3.63) is 70.5 Å². The highest BCUT2D eigenvalue weighted by atomic mass is 35.5. The molecular formula is C33H36ClFN4O5. The Morgan fingerprint density at radius 3 is 2.50 bits per heavy atom. The standard InChI is InChI=1S/C33H36ClFN4O5/c1-18-20(8-6-11-26(18)37-31(41)24-17-38(2)33(43)39(3)32(24)42)22-10-5-9-21(30(22)34)19-14-25(35)23(29(15-19)44-4)16-36-27-12-7-13-28(27)40/h5-6,8-11,14-15,24,27-28,36,40H,7,12-13,16-17H2,1-4H3,(H,37,41)/t24?,27-,28+/m0/s1. The molecule has 1 aliphatic heterocycles.